The smallest absolute Gasteiger partial charge is 0.253 e. The number of carbonyl (C=O) groups excluding carboxylic acids is 2. The molecule has 7 heteroatoms. The lowest BCUT2D eigenvalue weighted by atomic mass is 9.94. The van der Waals surface area contributed by atoms with E-state index >= 15 is 0 Å². The van der Waals surface area contributed by atoms with Gasteiger partial charge in [-0.25, -0.2) is 0 Å². The summed E-state index contributed by atoms with van der Waals surface area (Å²) in [4.78, 5) is 36.1. The largest absolute Gasteiger partial charge is 0.343 e. The van der Waals surface area contributed by atoms with Gasteiger partial charge in [-0.1, -0.05) is 30.3 Å². The van der Waals surface area contributed by atoms with E-state index in [0.717, 1.165) is 5.56 Å². The van der Waals surface area contributed by atoms with Gasteiger partial charge >= 0.3 is 0 Å². The molecule has 2 heterocycles. The minimum Gasteiger partial charge on any atom is -0.343 e. The van der Waals surface area contributed by atoms with Gasteiger partial charge in [-0.2, -0.15) is 5.26 Å². The van der Waals surface area contributed by atoms with Gasteiger partial charge in [0, 0.05) is 37.0 Å². The van der Waals surface area contributed by atoms with Crippen molar-refractivity contribution in [3.05, 3.63) is 95.6 Å². The molecule has 1 unspecified atom stereocenters. The number of hydrogen-bond donors (Lipinski definition) is 1. The molecule has 1 saturated heterocycles. The van der Waals surface area contributed by atoms with E-state index < -0.39 is 0 Å². The second kappa shape index (κ2) is 9.84. The number of nitriles is 1. The number of benzene rings is 2. The predicted octanol–water partition coefficient (Wildman–Crippen LogP) is 3.11. The number of nitrogens with zero attached hydrogens (tertiary/aromatic N) is 4. The Morgan fingerprint density at radius 3 is 2.38 bits per heavy atom. The Balaban J connectivity index is 1.40. The number of nitrogens with one attached hydrogen (secondary N) is 1. The first-order chi connectivity index (χ1) is 15.7. The van der Waals surface area contributed by atoms with Crippen molar-refractivity contribution < 1.29 is 9.59 Å². The van der Waals surface area contributed by atoms with Crippen molar-refractivity contribution in [3.8, 4) is 6.07 Å². The second-order valence-corrected chi connectivity index (χ2v) is 7.74. The van der Waals surface area contributed by atoms with E-state index in [2.05, 4.69) is 21.4 Å². The highest BCUT2D eigenvalue weighted by Crippen LogP contribution is 2.24. The van der Waals surface area contributed by atoms with E-state index in [0.29, 0.717) is 42.8 Å². The van der Waals surface area contributed by atoms with Crippen LogP contribution in [0.4, 0.5) is 0 Å². The highest BCUT2D eigenvalue weighted by Gasteiger charge is 2.30. The summed E-state index contributed by atoms with van der Waals surface area (Å²) in [5.74, 6) is -0.298. The quantitative estimate of drug-likeness (QED) is 0.677. The zero-order valence-electron chi connectivity index (χ0n) is 17.5. The monoisotopic (exact) mass is 425 g/mol. The molecule has 1 aliphatic rings. The van der Waals surface area contributed by atoms with Crippen LogP contribution in [-0.2, 0) is 4.79 Å². The Bertz CT molecular complexity index is 1060. The normalized spacial score (nSPS) is 14.9. The van der Waals surface area contributed by atoms with Gasteiger partial charge in [0.25, 0.3) is 5.91 Å². The van der Waals surface area contributed by atoms with E-state index in [1.807, 2.05) is 30.3 Å². The van der Waals surface area contributed by atoms with Crippen LogP contribution >= 0.6 is 0 Å². The fraction of sp³-hybridized carbons (Fsp3) is 0.240. The first-order valence-corrected chi connectivity index (χ1v) is 10.6. The van der Waals surface area contributed by atoms with E-state index in [9.17, 15) is 9.59 Å². The van der Waals surface area contributed by atoms with Gasteiger partial charge in [-0.15, -0.1) is 0 Å². The van der Waals surface area contributed by atoms with Crippen molar-refractivity contribution in [2.24, 2.45) is 5.92 Å². The Kier molecular flexibility index (Phi) is 6.52. The van der Waals surface area contributed by atoms with Crippen LogP contribution in [0.2, 0.25) is 0 Å². The van der Waals surface area contributed by atoms with Gasteiger partial charge in [0.2, 0.25) is 5.91 Å². The van der Waals surface area contributed by atoms with Crippen molar-refractivity contribution in [1.29, 1.82) is 5.26 Å². The summed E-state index contributed by atoms with van der Waals surface area (Å²) in [5, 5.41) is 12.0. The molecule has 1 aromatic heterocycles. The molecule has 160 valence electrons. The molecular formula is C25H23N5O2. The highest BCUT2D eigenvalue weighted by molar-refractivity contribution is 5.94. The first-order valence-electron chi connectivity index (χ1n) is 10.6. The molecular weight excluding hydrogens is 402 g/mol. The molecule has 2 amide bonds. The summed E-state index contributed by atoms with van der Waals surface area (Å²) in [6, 6.07) is 18.0. The van der Waals surface area contributed by atoms with Crippen LogP contribution in [-0.4, -0.2) is 39.8 Å². The number of likely N-dealkylation sites (tertiary alicyclic amines) is 1. The SMILES string of the molecule is N#Cc1ccc(C(=O)N2CCC(C(=O)NC(c3ccccc3)c3cnccn3)CC2)cc1. The van der Waals surface area contributed by atoms with Crippen LogP contribution in [0.5, 0.6) is 0 Å². The number of piperidine rings is 1. The third kappa shape index (κ3) is 4.81. The molecule has 7 nitrogen and oxygen atoms in total. The van der Waals surface area contributed by atoms with Crippen LogP contribution in [0.1, 0.15) is 46.1 Å². The maximum absolute atomic E-state index is 13.1. The molecule has 1 N–H and O–H groups in total. The van der Waals surface area contributed by atoms with Gasteiger partial charge in [-0.05, 0) is 42.7 Å². The van der Waals surface area contributed by atoms with Crippen LogP contribution in [0.15, 0.2) is 73.2 Å². The number of aromatic nitrogens is 2. The van der Waals surface area contributed by atoms with E-state index in [1.165, 1.54) is 0 Å². The first kappa shape index (κ1) is 21.2. The summed E-state index contributed by atoms with van der Waals surface area (Å²) in [6.07, 6.45) is 6.07. The Labute approximate surface area is 186 Å². The van der Waals surface area contributed by atoms with Crippen LogP contribution in [0, 0.1) is 17.2 Å². The summed E-state index contributed by atoms with van der Waals surface area (Å²) in [6.45, 7) is 1.02. The summed E-state index contributed by atoms with van der Waals surface area (Å²) in [5.41, 5.74) is 2.70. The molecule has 3 aromatic rings. The molecule has 2 aromatic carbocycles. The molecule has 0 bridgehead atoms. The molecule has 0 saturated carbocycles. The molecule has 0 spiro atoms. The van der Waals surface area contributed by atoms with Gasteiger partial charge in [0.1, 0.15) is 0 Å². The van der Waals surface area contributed by atoms with Gasteiger partial charge in [-0.3, -0.25) is 19.6 Å². The standard InChI is InChI=1S/C25H23N5O2/c26-16-18-6-8-21(9-7-18)25(32)30-14-10-20(11-15-30)24(31)29-23(19-4-2-1-3-5-19)22-17-27-12-13-28-22/h1-9,12-13,17,20,23H,10-11,14-15H2,(H,29,31). The van der Waals surface area contributed by atoms with Crippen molar-refractivity contribution in [1.82, 2.24) is 20.2 Å². The zero-order valence-corrected chi connectivity index (χ0v) is 17.5. The zero-order chi connectivity index (χ0) is 22.3. The second-order valence-electron chi connectivity index (χ2n) is 7.74. The third-order valence-electron chi connectivity index (χ3n) is 5.71. The maximum Gasteiger partial charge on any atom is 0.253 e. The van der Waals surface area contributed by atoms with Crippen LogP contribution in [0.25, 0.3) is 0 Å². The minimum absolute atomic E-state index is 0.0463. The number of carbonyl (C=O) groups is 2. The maximum atomic E-state index is 13.1. The molecule has 0 aliphatic carbocycles. The van der Waals surface area contributed by atoms with Crippen molar-refractivity contribution in [2.75, 3.05) is 13.1 Å². The van der Waals surface area contributed by atoms with Gasteiger partial charge in [0.05, 0.1) is 29.6 Å². The number of rotatable bonds is 5. The molecule has 1 fully saturated rings. The number of amides is 2. The van der Waals surface area contributed by atoms with Crippen molar-refractivity contribution in [3.63, 3.8) is 0 Å². The lowest BCUT2D eigenvalue weighted by molar-refractivity contribution is -0.126. The Hall–Kier alpha value is -4.05. The van der Waals surface area contributed by atoms with E-state index in [4.69, 9.17) is 5.26 Å². The van der Waals surface area contributed by atoms with Gasteiger partial charge in [0.15, 0.2) is 0 Å². The van der Waals surface area contributed by atoms with Crippen molar-refractivity contribution >= 4 is 11.8 Å². The van der Waals surface area contributed by atoms with Crippen LogP contribution in [0.3, 0.4) is 0 Å². The topological polar surface area (TPSA) is 99.0 Å². The van der Waals surface area contributed by atoms with Crippen LogP contribution < -0.4 is 5.32 Å². The summed E-state index contributed by atoms with van der Waals surface area (Å²) < 4.78 is 0. The van der Waals surface area contributed by atoms with Gasteiger partial charge < -0.3 is 10.2 Å². The predicted molar refractivity (Wildman–Crippen MR) is 118 cm³/mol. The average Bonchev–Trinajstić information content (AvgIpc) is 2.88. The third-order valence-corrected chi connectivity index (χ3v) is 5.71. The minimum atomic E-state index is -0.379. The summed E-state index contributed by atoms with van der Waals surface area (Å²) >= 11 is 0. The molecule has 4 rings (SSSR count). The Morgan fingerprint density at radius 2 is 1.75 bits per heavy atom. The molecule has 1 aliphatic heterocycles. The van der Waals surface area contributed by atoms with E-state index in [1.54, 1.807) is 47.8 Å². The molecule has 32 heavy (non-hydrogen) atoms. The fourth-order valence-corrected chi connectivity index (χ4v) is 3.91. The average molecular weight is 425 g/mol. The highest BCUT2D eigenvalue weighted by atomic mass is 16.2. The molecule has 1 atom stereocenters. The summed E-state index contributed by atoms with van der Waals surface area (Å²) in [7, 11) is 0. The molecule has 0 radical (unpaired) electrons. The number of hydrogen-bond acceptors (Lipinski definition) is 5. The Morgan fingerprint density at radius 1 is 1.03 bits per heavy atom. The fourth-order valence-electron chi connectivity index (χ4n) is 3.91. The lowest BCUT2D eigenvalue weighted by Gasteiger charge is -2.32. The lowest BCUT2D eigenvalue weighted by Crippen LogP contribution is -2.44. The van der Waals surface area contributed by atoms with E-state index in [-0.39, 0.29) is 23.8 Å². The van der Waals surface area contributed by atoms with Crippen molar-refractivity contribution in [2.45, 2.75) is 18.9 Å².